The molecule has 25 heavy (non-hydrogen) atoms. The second kappa shape index (κ2) is 6.65. The van der Waals surface area contributed by atoms with Gasteiger partial charge in [0.25, 0.3) is 0 Å². The maximum absolute atomic E-state index is 12.9. The topological polar surface area (TPSA) is 51.7 Å². The lowest BCUT2D eigenvalue weighted by atomic mass is 9.79. The van der Waals surface area contributed by atoms with Gasteiger partial charge in [-0.3, -0.25) is 9.78 Å². The minimum absolute atomic E-state index is 0.0927. The number of halogens is 1. The minimum Gasteiger partial charge on any atom is -0.372 e. The van der Waals surface area contributed by atoms with E-state index in [1.807, 2.05) is 30.0 Å². The van der Waals surface area contributed by atoms with Crippen LogP contribution in [0.25, 0.3) is 0 Å². The number of hydrogen-bond donors (Lipinski definition) is 0. The van der Waals surface area contributed by atoms with Crippen molar-refractivity contribution >= 4 is 5.91 Å². The van der Waals surface area contributed by atoms with Crippen molar-refractivity contribution in [3.05, 3.63) is 29.6 Å². The molecule has 1 aromatic rings. The summed E-state index contributed by atoms with van der Waals surface area (Å²) in [6.45, 7) is 4.36. The zero-order valence-electron chi connectivity index (χ0n) is 14.6. The molecule has 1 amide bonds. The largest absolute Gasteiger partial charge is 0.372 e. The molecule has 1 spiro atoms. The molecule has 6 heteroatoms. The molecule has 3 aliphatic rings. The van der Waals surface area contributed by atoms with Gasteiger partial charge in [0.05, 0.1) is 31.5 Å². The van der Waals surface area contributed by atoms with Gasteiger partial charge in [-0.1, -0.05) is 6.07 Å². The van der Waals surface area contributed by atoms with Crippen LogP contribution < -0.4 is 0 Å². The number of carbonyl (C=O) groups excluding carboxylic acids is 1. The molecule has 5 nitrogen and oxygen atoms in total. The lowest BCUT2D eigenvalue weighted by Crippen LogP contribution is -2.68. The van der Waals surface area contributed by atoms with Gasteiger partial charge in [-0.25, -0.2) is 4.39 Å². The second-order valence-electron chi connectivity index (χ2n) is 7.69. The van der Waals surface area contributed by atoms with Gasteiger partial charge in [0.2, 0.25) is 5.91 Å². The van der Waals surface area contributed by atoms with Gasteiger partial charge in [0.15, 0.2) is 0 Å². The van der Waals surface area contributed by atoms with Crippen LogP contribution in [-0.4, -0.2) is 53.4 Å². The second-order valence-corrected chi connectivity index (χ2v) is 7.69. The van der Waals surface area contributed by atoms with E-state index in [0.29, 0.717) is 39.1 Å². The number of likely N-dealkylation sites (tertiary alicyclic amines) is 1. The Labute approximate surface area is 147 Å². The summed E-state index contributed by atoms with van der Waals surface area (Å²) < 4.78 is 25.0. The molecule has 3 fully saturated rings. The average molecular weight is 348 g/mol. The Balaban J connectivity index is 1.26. The van der Waals surface area contributed by atoms with Gasteiger partial charge in [-0.2, -0.15) is 0 Å². The number of alkyl halides is 1. The average Bonchev–Trinajstić information content (AvgIpc) is 2.55. The number of nitrogens with zero attached hydrogens (tertiary/aromatic N) is 2. The summed E-state index contributed by atoms with van der Waals surface area (Å²) in [5, 5.41) is 0. The van der Waals surface area contributed by atoms with E-state index in [2.05, 4.69) is 4.98 Å². The zero-order chi connectivity index (χ0) is 17.4. The quantitative estimate of drug-likeness (QED) is 0.839. The van der Waals surface area contributed by atoms with E-state index < -0.39 is 6.17 Å². The molecular weight excluding hydrogens is 323 g/mol. The predicted octanol–water partition coefficient (Wildman–Crippen LogP) is 2.41. The van der Waals surface area contributed by atoms with Crippen LogP contribution in [0, 0.1) is 12.8 Å². The predicted molar refractivity (Wildman–Crippen MR) is 89.7 cm³/mol. The van der Waals surface area contributed by atoms with Crippen molar-refractivity contribution in [1.29, 1.82) is 0 Å². The fourth-order valence-electron chi connectivity index (χ4n) is 4.04. The van der Waals surface area contributed by atoms with Crippen molar-refractivity contribution in [2.45, 2.75) is 57.1 Å². The molecule has 1 aromatic heterocycles. The molecule has 0 bridgehead atoms. The van der Waals surface area contributed by atoms with Crippen LogP contribution in [0.15, 0.2) is 18.2 Å². The highest BCUT2D eigenvalue weighted by Gasteiger charge is 2.51. The zero-order valence-corrected chi connectivity index (χ0v) is 14.6. The molecular formula is C19H25FN2O3. The molecule has 136 valence electrons. The molecule has 1 unspecified atom stereocenters. The summed E-state index contributed by atoms with van der Waals surface area (Å²) in [7, 11) is 0. The van der Waals surface area contributed by atoms with Gasteiger partial charge < -0.3 is 14.4 Å². The van der Waals surface area contributed by atoms with Crippen molar-refractivity contribution < 1.29 is 18.7 Å². The molecule has 2 saturated heterocycles. The van der Waals surface area contributed by atoms with E-state index in [4.69, 9.17) is 9.47 Å². The summed E-state index contributed by atoms with van der Waals surface area (Å²) in [6.07, 6.45) is 1.79. The fourth-order valence-corrected chi connectivity index (χ4v) is 4.04. The molecule has 1 aliphatic carbocycles. The fraction of sp³-hybridized carbons (Fsp3) is 0.684. The monoisotopic (exact) mass is 348 g/mol. The number of ether oxygens (including phenoxy) is 2. The number of aryl methyl sites for hydroxylation is 1. The minimum atomic E-state index is -0.789. The smallest absolute Gasteiger partial charge is 0.226 e. The Morgan fingerprint density at radius 1 is 1.44 bits per heavy atom. The summed E-state index contributed by atoms with van der Waals surface area (Å²) in [4.78, 5) is 18.6. The number of amides is 1. The lowest BCUT2D eigenvalue weighted by Gasteiger charge is -2.54. The third-order valence-electron chi connectivity index (χ3n) is 5.56. The highest BCUT2D eigenvalue weighted by Crippen LogP contribution is 2.39. The Morgan fingerprint density at radius 3 is 2.96 bits per heavy atom. The highest BCUT2D eigenvalue weighted by atomic mass is 19.1. The van der Waals surface area contributed by atoms with Gasteiger partial charge >= 0.3 is 0 Å². The van der Waals surface area contributed by atoms with Crippen molar-refractivity contribution in [1.82, 2.24) is 9.88 Å². The molecule has 3 heterocycles. The van der Waals surface area contributed by atoms with Gasteiger partial charge in [-0.15, -0.1) is 0 Å². The third kappa shape index (κ3) is 3.55. The van der Waals surface area contributed by atoms with Crippen LogP contribution in [0.1, 0.15) is 37.1 Å². The van der Waals surface area contributed by atoms with Crippen molar-refractivity contribution in [3.63, 3.8) is 0 Å². The van der Waals surface area contributed by atoms with Crippen molar-refractivity contribution in [3.8, 4) is 0 Å². The van der Waals surface area contributed by atoms with Crippen LogP contribution in [0.3, 0.4) is 0 Å². The molecule has 1 saturated carbocycles. The lowest BCUT2D eigenvalue weighted by molar-refractivity contribution is -0.206. The molecule has 0 aromatic carbocycles. The van der Waals surface area contributed by atoms with Gasteiger partial charge in [-0.05, 0) is 38.3 Å². The molecule has 2 aliphatic heterocycles. The first-order valence-corrected chi connectivity index (χ1v) is 9.14. The Morgan fingerprint density at radius 2 is 2.24 bits per heavy atom. The SMILES string of the molecule is Cc1cccc(COC2CCOC3(C2)CN(C(=O)C2CC(F)C2)C3)n1. The highest BCUT2D eigenvalue weighted by molar-refractivity contribution is 5.81. The van der Waals surface area contributed by atoms with E-state index in [1.54, 1.807) is 0 Å². The standard InChI is InChI=1S/C19H25FN2O3/c1-13-3-2-4-16(21-13)10-24-17-5-6-25-19(9-17)11-22(12-19)18(23)14-7-15(20)8-14/h2-4,14-15,17H,5-12H2,1H3. The van der Waals surface area contributed by atoms with Crippen LogP contribution in [0.2, 0.25) is 0 Å². The summed E-state index contributed by atoms with van der Waals surface area (Å²) in [6, 6.07) is 5.94. The van der Waals surface area contributed by atoms with Crippen LogP contribution in [0.5, 0.6) is 0 Å². The maximum Gasteiger partial charge on any atom is 0.226 e. The number of rotatable bonds is 4. The summed E-state index contributed by atoms with van der Waals surface area (Å²) >= 11 is 0. The molecule has 4 rings (SSSR count). The van der Waals surface area contributed by atoms with E-state index in [0.717, 1.165) is 24.2 Å². The third-order valence-corrected chi connectivity index (χ3v) is 5.56. The van der Waals surface area contributed by atoms with E-state index in [-0.39, 0.29) is 23.5 Å². The van der Waals surface area contributed by atoms with E-state index in [1.165, 1.54) is 0 Å². The first-order valence-electron chi connectivity index (χ1n) is 9.14. The molecule has 1 atom stereocenters. The summed E-state index contributed by atoms with van der Waals surface area (Å²) in [5.74, 6) is -0.0227. The molecule has 0 N–H and O–H groups in total. The molecule has 0 radical (unpaired) electrons. The van der Waals surface area contributed by atoms with Crippen molar-refractivity contribution in [2.24, 2.45) is 5.92 Å². The number of aromatic nitrogens is 1. The Kier molecular flexibility index (Phi) is 4.50. The number of carbonyl (C=O) groups is 1. The first kappa shape index (κ1) is 16.9. The van der Waals surface area contributed by atoms with Crippen LogP contribution >= 0.6 is 0 Å². The van der Waals surface area contributed by atoms with Crippen molar-refractivity contribution in [2.75, 3.05) is 19.7 Å². The maximum atomic E-state index is 12.9. The number of hydrogen-bond acceptors (Lipinski definition) is 4. The van der Waals surface area contributed by atoms with E-state index in [9.17, 15) is 9.18 Å². The summed E-state index contributed by atoms with van der Waals surface area (Å²) in [5.41, 5.74) is 1.67. The number of pyridine rings is 1. The van der Waals surface area contributed by atoms with Crippen LogP contribution in [-0.2, 0) is 20.9 Å². The van der Waals surface area contributed by atoms with Gasteiger partial charge in [0.1, 0.15) is 11.8 Å². The van der Waals surface area contributed by atoms with Gasteiger partial charge in [0, 0.05) is 24.6 Å². The normalized spacial score (nSPS) is 30.6. The Hall–Kier alpha value is -1.53. The Bertz CT molecular complexity index is 641. The first-order chi connectivity index (χ1) is 12.0. The van der Waals surface area contributed by atoms with E-state index >= 15 is 0 Å². The van der Waals surface area contributed by atoms with Crippen LogP contribution in [0.4, 0.5) is 4.39 Å².